The fourth-order valence-corrected chi connectivity index (χ4v) is 2.50. The van der Waals surface area contributed by atoms with Crippen molar-refractivity contribution in [1.29, 1.82) is 0 Å². The molecule has 1 fully saturated rings. The number of rotatable bonds is 2. The van der Waals surface area contributed by atoms with E-state index in [0.717, 1.165) is 17.5 Å². The lowest BCUT2D eigenvalue weighted by Gasteiger charge is -2.14. The number of fused-ring (bicyclic) bond motifs is 1. The minimum atomic E-state index is -0.419. The maximum absolute atomic E-state index is 11.4. The summed E-state index contributed by atoms with van der Waals surface area (Å²) in [5.41, 5.74) is 1.74. The molecule has 3 rings (SSSR count). The molecule has 1 unspecified atom stereocenters. The second-order valence-electron chi connectivity index (χ2n) is 4.50. The number of nitrogens with one attached hydrogen (secondary N) is 1. The number of aliphatic hydroxyl groups is 1. The third kappa shape index (κ3) is 1.74. The van der Waals surface area contributed by atoms with Crippen molar-refractivity contribution in [2.24, 2.45) is 0 Å². The number of pyridine rings is 1. The SMILES string of the molecule is O=C(CO)N1CCC(c2[nH]nc3ncccc23)C1. The smallest absolute Gasteiger partial charge is 0.248 e. The summed E-state index contributed by atoms with van der Waals surface area (Å²) in [6, 6.07) is 3.87. The summed E-state index contributed by atoms with van der Waals surface area (Å²) in [6.45, 7) is 0.897. The summed E-state index contributed by atoms with van der Waals surface area (Å²) in [7, 11) is 0. The molecule has 6 nitrogen and oxygen atoms in total. The average Bonchev–Trinajstić information content (AvgIpc) is 3.03. The molecule has 1 amide bonds. The first-order valence-corrected chi connectivity index (χ1v) is 5.97. The Balaban J connectivity index is 1.86. The molecular weight excluding hydrogens is 232 g/mol. The molecule has 2 N–H and O–H groups in total. The van der Waals surface area contributed by atoms with Crippen LogP contribution in [0.15, 0.2) is 18.3 Å². The van der Waals surface area contributed by atoms with Gasteiger partial charge in [0.05, 0.1) is 0 Å². The van der Waals surface area contributed by atoms with Crippen molar-refractivity contribution in [3.05, 3.63) is 24.0 Å². The number of aromatic amines is 1. The van der Waals surface area contributed by atoms with Gasteiger partial charge in [-0.05, 0) is 18.6 Å². The number of carbonyl (C=O) groups excluding carboxylic acids is 1. The van der Waals surface area contributed by atoms with Crippen LogP contribution < -0.4 is 0 Å². The fourth-order valence-electron chi connectivity index (χ4n) is 2.50. The van der Waals surface area contributed by atoms with Crippen LogP contribution in [0.2, 0.25) is 0 Å². The first kappa shape index (κ1) is 11.2. The van der Waals surface area contributed by atoms with Gasteiger partial charge in [-0.15, -0.1) is 0 Å². The van der Waals surface area contributed by atoms with Crippen molar-refractivity contribution in [2.45, 2.75) is 12.3 Å². The number of nitrogens with zero attached hydrogens (tertiary/aromatic N) is 3. The van der Waals surface area contributed by atoms with E-state index < -0.39 is 6.61 Å². The highest BCUT2D eigenvalue weighted by atomic mass is 16.3. The van der Waals surface area contributed by atoms with E-state index in [4.69, 9.17) is 5.11 Å². The maximum atomic E-state index is 11.4. The molecule has 94 valence electrons. The number of carbonyl (C=O) groups is 1. The van der Waals surface area contributed by atoms with Crippen molar-refractivity contribution in [2.75, 3.05) is 19.7 Å². The van der Waals surface area contributed by atoms with Gasteiger partial charge in [-0.2, -0.15) is 5.10 Å². The highest BCUT2D eigenvalue weighted by molar-refractivity contribution is 5.79. The minimum Gasteiger partial charge on any atom is -0.387 e. The Hall–Kier alpha value is -1.95. The third-order valence-electron chi connectivity index (χ3n) is 3.44. The van der Waals surface area contributed by atoms with Crippen LogP contribution in [-0.4, -0.2) is 50.8 Å². The van der Waals surface area contributed by atoms with Gasteiger partial charge in [0, 0.05) is 36.3 Å². The molecule has 2 aromatic heterocycles. The molecule has 2 aromatic rings. The predicted octanol–water partition coefficient (Wildman–Crippen LogP) is 0.266. The van der Waals surface area contributed by atoms with Crippen LogP contribution in [-0.2, 0) is 4.79 Å². The Morgan fingerprint density at radius 2 is 2.50 bits per heavy atom. The predicted molar refractivity (Wildman–Crippen MR) is 64.9 cm³/mol. The van der Waals surface area contributed by atoms with Crippen molar-refractivity contribution in [3.63, 3.8) is 0 Å². The van der Waals surface area contributed by atoms with Crippen LogP contribution in [0.5, 0.6) is 0 Å². The molecule has 0 aliphatic carbocycles. The van der Waals surface area contributed by atoms with E-state index in [9.17, 15) is 4.79 Å². The first-order valence-electron chi connectivity index (χ1n) is 5.97. The summed E-state index contributed by atoms with van der Waals surface area (Å²) >= 11 is 0. The van der Waals surface area contributed by atoms with E-state index in [0.29, 0.717) is 18.7 Å². The number of hydrogen-bond donors (Lipinski definition) is 2. The normalized spacial score (nSPS) is 19.6. The number of H-pyrrole nitrogens is 1. The maximum Gasteiger partial charge on any atom is 0.248 e. The molecule has 0 spiro atoms. The van der Waals surface area contributed by atoms with Crippen molar-refractivity contribution in [3.8, 4) is 0 Å². The van der Waals surface area contributed by atoms with Gasteiger partial charge in [0.25, 0.3) is 0 Å². The number of amides is 1. The summed E-state index contributed by atoms with van der Waals surface area (Å²) < 4.78 is 0. The molecule has 18 heavy (non-hydrogen) atoms. The Kier molecular flexibility index (Phi) is 2.71. The first-order chi connectivity index (χ1) is 8.79. The Labute approximate surface area is 104 Å². The lowest BCUT2D eigenvalue weighted by Crippen LogP contribution is -2.30. The van der Waals surface area contributed by atoms with Crippen LogP contribution in [0.4, 0.5) is 0 Å². The zero-order valence-electron chi connectivity index (χ0n) is 9.83. The molecule has 0 radical (unpaired) electrons. The average molecular weight is 246 g/mol. The lowest BCUT2D eigenvalue weighted by molar-refractivity contribution is -0.133. The van der Waals surface area contributed by atoms with Crippen LogP contribution in [0, 0.1) is 0 Å². The van der Waals surface area contributed by atoms with Crippen LogP contribution in [0.1, 0.15) is 18.0 Å². The van der Waals surface area contributed by atoms with E-state index in [1.165, 1.54) is 0 Å². The minimum absolute atomic E-state index is 0.209. The van der Waals surface area contributed by atoms with Gasteiger partial charge < -0.3 is 10.0 Å². The van der Waals surface area contributed by atoms with E-state index >= 15 is 0 Å². The van der Waals surface area contributed by atoms with Crippen LogP contribution in [0.25, 0.3) is 11.0 Å². The Morgan fingerprint density at radius 1 is 1.61 bits per heavy atom. The fraction of sp³-hybridized carbons (Fsp3) is 0.417. The summed E-state index contributed by atoms with van der Waals surface area (Å²) in [5.74, 6) is 0.0362. The zero-order chi connectivity index (χ0) is 12.5. The molecule has 3 heterocycles. The van der Waals surface area contributed by atoms with E-state index in [2.05, 4.69) is 15.2 Å². The van der Waals surface area contributed by atoms with Gasteiger partial charge in [0.15, 0.2) is 5.65 Å². The van der Waals surface area contributed by atoms with Gasteiger partial charge in [0.2, 0.25) is 5.91 Å². The van der Waals surface area contributed by atoms with E-state index in [1.54, 1.807) is 11.1 Å². The van der Waals surface area contributed by atoms with Crippen molar-refractivity contribution in [1.82, 2.24) is 20.1 Å². The molecule has 0 aromatic carbocycles. The highest BCUT2D eigenvalue weighted by Gasteiger charge is 2.29. The van der Waals surface area contributed by atoms with Gasteiger partial charge in [-0.25, -0.2) is 4.98 Å². The summed E-state index contributed by atoms with van der Waals surface area (Å²) in [5, 5.41) is 17.1. The summed E-state index contributed by atoms with van der Waals surface area (Å²) in [6.07, 6.45) is 2.60. The van der Waals surface area contributed by atoms with Gasteiger partial charge in [-0.3, -0.25) is 9.89 Å². The van der Waals surface area contributed by atoms with E-state index in [-0.39, 0.29) is 11.8 Å². The van der Waals surface area contributed by atoms with Crippen molar-refractivity contribution >= 4 is 16.9 Å². The van der Waals surface area contributed by atoms with Gasteiger partial charge in [0.1, 0.15) is 6.61 Å². The monoisotopic (exact) mass is 246 g/mol. The molecule has 1 atom stereocenters. The Bertz CT molecular complexity index is 580. The number of hydrogen-bond acceptors (Lipinski definition) is 4. The quantitative estimate of drug-likeness (QED) is 0.796. The van der Waals surface area contributed by atoms with Crippen molar-refractivity contribution < 1.29 is 9.90 Å². The van der Waals surface area contributed by atoms with E-state index in [1.807, 2.05) is 12.1 Å². The van der Waals surface area contributed by atoms with Gasteiger partial charge in [-0.1, -0.05) is 0 Å². The molecule has 0 saturated carbocycles. The molecule has 6 heteroatoms. The lowest BCUT2D eigenvalue weighted by atomic mass is 10.0. The Morgan fingerprint density at radius 3 is 3.33 bits per heavy atom. The largest absolute Gasteiger partial charge is 0.387 e. The van der Waals surface area contributed by atoms with Crippen LogP contribution in [0.3, 0.4) is 0 Å². The van der Waals surface area contributed by atoms with Crippen LogP contribution >= 0.6 is 0 Å². The standard InChI is InChI=1S/C12H14N4O2/c17-7-10(18)16-5-3-8(6-16)11-9-2-1-4-13-12(9)15-14-11/h1-2,4,8,17H,3,5-7H2,(H,13,14,15). The number of likely N-dealkylation sites (tertiary alicyclic amines) is 1. The molecule has 0 bridgehead atoms. The topological polar surface area (TPSA) is 82.1 Å². The second kappa shape index (κ2) is 4.38. The number of aromatic nitrogens is 3. The summed E-state index contributed by atoms with van der Waals surface area (Å²) in [4.78, 5) is 17.3. The molecule has 1 aliphatic heterocycles. The molecule has 1 saturated heterocycles. The molecule has 1 aliphatic rings. The zero-order valence-corrected chi connectivity index (χ0v) is 9.83. The third-order valence-corrected chi connectivity index (χ3v) is 3.44. The second-order valence-corrected chi connectivity index (χ2v) is 4.50. The highest BCUT2D eigenvalue weighted by Crippen LogP contribution is 2.29. The molecular formula is C12H14N4O2. The van der Waals surface area contributed by atoms with Gasteiger partial charge >= 0.3 is 0 Å². The number of aliphatic hydroxyl groups excluding tert-OH is 1.